The van der Waals surface area contributed by atoms with Crippen molar-refractivity contribution in [1.82, 2.24) is 19.7 Å². The van der Waals surface area contributed by atoms with Crippen molar-refractivity contribution in [3.63, 3.8) is 0 Å². The zero-order valence-corrected chi connectivity index (χ0v) is 15.7. The van der Waals surface area contributed by atoms with Crippen LogP contribution >= 0.6 is 0 Å². The second kappa shape index (κ2) is 7.75. The first-order chi connectivity index (χ1) is 12.8. The molecule has 27 heavy (non-hydrogen) atoms. The lowest BCUT2D eigenvalue weighted by atomic mass is 10.1. The molecule has 0 saturated carbocycles. The number of rotatable bonds is 6. The summed E-state index contributed by atoms with van der Waals surface area (Å²) in [6, 6.07) is 13.0. The molecule has 0 fully saturated rings. The molecule has 1 N–H and O–H groups in total. The molecular formula is C20H24N4O3. The van der Waals surface area contributed by atoms with Crippen molar-refractivity contribution in [2.24, 2.45) is 0 Å². The third-order valence-electron chi connectivity index (χ3n) is 4.14. The zero-order chi connectivity index (χ0) is 19.4. The Bertz CT molecular complexity index is 866. The number of furan rings is 1. The number of carbonyl (C=O) groups is 1. The predicted molar refractivity (Wildman–Crippen MR) is 99.9 cm³/mol. The number of aliphatic hydroxyl groups excluding tert-OH is 1. The highest BCUT2D eigenvalue weighted by Crippen LogP contribution is 2.18. The second-order valence-electron chi connectivity index (χ2n) is 7.39. The third-order valence-corrected chi connectivity index (χ3v) is 4.14. The van der Waals surface area contributed by atoms with Gasteiger partial charge < -0.3 is 14.4 Å². The number of hydrogen-bond donors (Lipinski definition) is 1. The number of hydrogen-bond acceptors (Lipinski definition) is 5. The van der Waals surface area contributed by atoms with Gasteiger partial charge in [0, 0.05) is 6.54 Å². The first-order valence-electron chi connectivity index (χ1n) is 8.81. The fraction of sp³-hybridized carbons (Fsp3) is 0.350. The van der Waals surface area contributed by atoms with Gasteiger partial charge in [0.25, 0.3) is 5.91 Å². The van der Waals surface area contributed by atoms with E-state index in [0.29, 0.717) is 12.3 Å². The Hall–Kier alpha value is -2.93. The van der Waals surface area contributed by atoms with Crippen molar-refractivity contribution in [3.8, 4) is 0 Å². The van der Waals surface area contributed by atoms with Crippen LogP contribution in [0, 0.1) is 0 Å². The predicted octanol–water partition coefficient (Wildman–Crippen LogP) is 3.00. The molecule has 7 heteroatoms. The van der Waals surface area contributed by atoms with Crippen LogP contribution in [0.1, 0.15) is 48.8 Å². The lowest BCUT2D eigenvalue weighted by Gasteiger charge is -2.24. The minimum absolute atomic E-state index is 0.0747. The Kier molecular flexibility index (Phi) is 5.41. The van der Waals surface area contributed by atoms with Gasteiger partial charge in [0.2, 0.25) is 5.82 Å². The highest BCUT2D eigenvalue weighted by Gasteiger charge is 2.26. The second-order valence-corrected chi connectivity index (χ2v) is 7.39. The van der Waals surface area contributed by atoms with Gasteiger partial charge in [-0.3, -0.25) is 4.79 Å². The van der Waals surface area contributed by atoms with Gasteiger partial charge >= 0.3 is 0 Å². The summed E-state index contributed by atoms with van der Waals surface area (Å²) < 4.78 is 6.91. The van der Waals surface area contributed by atoms with Gasteiger partial charge in [-0.05, 0) is 38.5 Å². The lowest BCUT2D eigenvalue weighted by molar-refractivity contribution is 0.0551. The molecule has 7 nitrogen and oxygen atoms in total. The molecule has 0 spiro atoms. The summed E-state index contributed by atoms with van der Waals surface area (Å²) >= 11 is 0. The first-order valence-corrected chi connectivity index (χ1v) is 8.81. The molecule has 2 aromatic heterocycles. The van der Waals surface area contributed by atoms with Crippen LogP contribution in [0.4, 0.5) is 0 Å². The topological polar surface area (TPSA) is 84.4 Å². The van der Waals surface area contributed by atoms with E-state index in [4.69, 9.17) is 4.42 Å². The van der Waals surface area contributed by atoms with Crippen LogP contribution in [0.2, 0.25) is 0 Å². The van der Waals surface area contributed by atoms with E-state index >= 15 is 0 Å². The quantitative estimate of drug-likeness (QED) is 0.723. The number of nitrogens with zero attached hydrogens (tertiary/aromatic N) is 4. The summed E-state index contributed by atoms with van der Waals surface area (Å²) in [5, 5.41) is 14.8. The van der Waals surface area contributed by atoms with Gasteiger partial charge in [0.15, 0.2) is 0 Å². The molecule has 3 rings (SSSR count). The lowest BCUT2D eigenvalue weighted by Crippen LogP contribution is -2.35. The van der Waals surface area contributed by atoms with Crippen LogP contribution in [0.15, 0.2) is 59.5 Å². The van der Waals surface area contributed by atoms with Crippen molar-refractivity contribution in [1.29, 1.82) is 0 Å². The Labute approximate surface area is 158 Å². The molecule has 0 saturated heterocycles. The number of aliphatic hydroxyl groups is 1. The number of amides is 1. The van der Waals surface area contributed by atoms with E-state index in [0.717, 1.165) is 5.56 Å². The Balaban J connectivity index is 1.83. The van der Waals surface area contributed by atoms with E-state index in [-0.39, 0.29) is 23.8 Å². The molecule has 1 unspecified atom stereocenters. The largest absolute Gasteiger partial charge is 0.467 e. The van der Waals surface area contributed by atoms with Gasteiger partial charge in [-0.25, -0.2) is 9.67 Å². The van der Waals surface area contributed by atoms with Gasteiger partial charge in [-0.1, -0.05) is 30.3 Å². The highest BCUT2D eigenvalue weighted by atomic mass is 16.4. The molecule has 3 aromatic rings. The van der Waals surface area contributed by atoms with E-state index < -0.39 is 6.10 Å². The average molecular weight is 368 g/mol. The van der Waals surface area contributed by atoms with Gasteiger partial charge in [0.1, 0.15) is 18.2 Å². The summed E-state index contributed by atoms with van der Waals surface area (Å²) in [7, 11) is 0. The van der Waals surface area contributed by atoms with Crippen LogP contribution < -0.4 is 0 Å². The van der Waals surface area contributed by atoms with Gasteiger partial charge in [-0.15, -0.1) is 5.10 Å². The van der Waals surface area contributed by atoms with Crippen LogP contribution in [0.25, 0.3) is 0 Å². The Morgan fingerprint density at radius 2 is 1.96 bits per heavy atom. The van der Waals surface area contributed by atoms with Crippen LogP contribution in [0.3, 0.4) is 0 Å². The molecule has 142 valence electrons. The maximum Gasteiger partial charge on any atom is 0.293 e. The van der Waals surface area contributed by atoms with Crippen molar-refractivity contribution in [3.05, 3.63) is 72.2 Å². The van der Waals surface area contributed by atoms with Crippen LogP contribution in [0.5, 0.6) is 0 Å². The molecule has 1 aromatic carbocycles. The monoisotopic (exact) mass is 368 g/mol. The standard InChI is InChI=1S/C20H24N4O3/c1-20(2,3)24-14-21-18(22-24)19(26)23(12-15-8-5-4-6-9-15)13-16(25)17-10-7-11-27-17/h4-11,14,16,25H,12-13H2,1-3H3. The van der Waals surface area contributed by atoms with Gasteiger partial charge in [0.05, 0.1) is 18.3 Å². The molecule has 0 radical (unpaired) electrons. The SMILES string of the molecule is CC(C)(C)n1cnc(C(=O)N(Cc2ccccc2)CC(O)c2ccco2)n1. The van der Waals surface area contributed by atoms with E-state index in [9.17, 15) is 9.90 Å². The number of benzene rings is 1. The minimum Gasteiger partial charge on any atom is -0.467 e. The van der Waals surface area contributed by atoms with E-state index in [1.54, 1.807) is 23.1 Å². The Morgan fingerprint density at radius 3 is 2.56 bits per heavy atom. The fourth-order valence-corrected chi connectivity index (χ4v) is 2.63. The highest BCUT2D eigenvalue weighted by molar-refractivity contribution is 5.90. The van der Waals surface area contributed by atoms with Crippen LogP contribution in [-0.4, -0.2) is 37.2 Å². The first kappa shape index (κ1) is 18.8. The Morgan fingerprint density at radius 1 is 1.22 bits per heavy atom. The maximum absolute atomic E-state index is 13.0. The number of aromatic nitrogens is 3. The molecule has 2 heterocycles. The fourth-order valence-electron chi connectivity index (χ4n) is 2.63. The van der Waals surface area contributed by atoms with E-state index in [1.165, 1.54) is 11.2 Å². The van der Waals surface area contributed by atoms with Crippen LogP contribution in [-0.2, 0) is 12.1 Å². The third kappa shape index (κ3) is 4.62. The summed E-state index contributed by atoms with van der Waals surface area (Å²) in [6.45, 7) is 6.36. The summed E-state index contributed by atoms with van der Waals surface area (Å²) in [4.78, 5) is 18.7. The van der Waals surface area contributed by atoms with Gasteiger partial charge in [-0.2, -0.15) is 0 Å². The summed E-state index contributed by atoms with van der Waals surface area (Å²) in [5.74, 6) is 0.175. The van der Waals surface area contributed by atoms with Crippen molar-refractivity contribution >= 4 is 5.91 Å². The minimum atomic E-state index is -0.933. The van der Waals surface area contributed by atoms with Crippen molar-refractivity contribution in [2.45, 2.75) is 39.0 Å². The number of carbonyl (C=O) groups excluding carboxylic acids is 1. The molecule has 0 bridgehead atoms. The van der Waals surface area contributed by atoms with Crippen molar-refractivity contribution in [2.75, 3.05) is 6.54 Å². The summed E-state index contributed by atoms with van der Waals surface area (Å²) in [6.07, 6.45) is 2.11. The zero-order valence-electron chi connectivity index (χ0n) is 15.7. The molecule has 0 aliphatic rings. The van der Waals surface area contributed by atoms with E-state index in [2.05, 4.69) is 10.1 Å². The molecule has 1 amide bonds. The molecule has 0 aliphatic heterocycles. The average Bonchev–Trinajstić information content (AvgIpc) is 3.32. The molecule has 1 atom stereocenters. The van der Waals surface area contributed by atoms with Crippen molar-refractivity contribution < 1.29 is 14.3 Å². The molecular weight excluding hydrogens is 344 g/mol. The summed E-state index contributed by atoms with van der Waals surface area (Å²) in [5.41, 5.74) is 0.677. The van der Waals surface area contributed by atoms with E-state index in [1.807, 2.05) is 51.1 Å². The maximum atomic E-state index is 13.0. The molecule has 0 aliphatic carbocycles. The normalized spacial score (nSPS) is 12.7. The smallest absolute Gasteiger partial charge is 0.293 e.